The van der Waals surface area contributed by atoms with Crippen LogP contribution >= 0.6 is 0 Å². The first kappa shape index (κ1) is 18.3. The lowest BCUT2D eigenvalue weighted by Crippen LogP contribution is -2.32. The third-order valence-corrected chi connectivity index (χ3v) is 2.87. The highest BCUT2D eigenvalue weighted by atomic mass is 16.6. The van der Waals surface area contributed by atoms with Gasteiger partial charge in [0.15, 0.2) is 0 Å². The minimum atomic E-state index is -0.481. The smallest absolute Gasteiger partial charge is 0.407 e. The Balaban J connectivity index is 2.45. The zero-order chi connectivity index (χ0) is 16.6. The minimum absolute atomic E-state index is 0.403. The molecular formula is C17H28N2O3. The van der Waals surface area contributed by atoms with Crippen molar-refractivity contribution < 1.29 is 14.3 Å². The van der Waals surface area contributed by atoms with Gasteiger partial charge in [0.1, 0.15) is 5.60 Å². The second-order valence-electron chi connectivity index (χ2n) is 6.50. The van der Waals surface area contributed by atoms with Crippen LogP contribution in [-0.2, 0) is 16.0 Å². The van der Waals surface area contributed by atoms with Gasteiger partial charge in [-0.15, -0.1) is 0 Å². The molecule has 1 rings (SSSR count). The maximum Gasteiger partial charge on any atom is 0.407 e. The molecule has 1 atom stereocenters. The van der Waals surface area contributed by atoms with E-state index in [9.17, 15) is 4.79 Å². The highest BCUT2D eigenvalue weighted by molar-refractivity contribution is 5.67. The molecule has 0 aliphatic carbocycles. The summed E-state index contributed by atoms with van der Waals surface area (Å²) in [6.45, 7) is 9.68. The van der Waals surface area contributed by atoms with Crippen LogP contribution in [0.5, 0.6) is 0 Å². The van der Waals surface area contributed by atoms with Crippen LogP contribution in [0.25, 0.3) is 0 Å². The maximum absolute atomic E-state index is 11.6. The highest BCUT2D eigenvalue weighted by Gasteiger charge is 2.15. The molecule has 1 aromatic rings. The molecule has 1 amide bonds. The number of hydrogen-bond donors (Lipinski definition) is 2. The van der Waals surface area contributed by atoms with Gasteiger partial charge in [-0.2, -0.15) is 0 Å². The Morgan fingerprint density at radius 3 is 2.68 bits per heavy atom. The van der Waals surface area contributed by atoms with Crippen molar-refractivity contribution in [2.45, 2.75) is 39.8 Å². The van der Waals surface area contributed by atoms with Crippen molar-refractivity contribution in [3.8, 4) is 0 Å². The standard InChI is InChI=1S/C17H28N2O3/c1-13(12-21-5)10-18-15-8-6-7-14(9-15)11-19-16(20)22-17(2,3)4/h6-9,13,18H,10-12H2,1-5H3,(H,19,20). The van der Waals surface area contributed by atoms with Crippen LogP contribution < -0.4 is 10.6 Å². The maximum atomic E-state index is 11.6. The van der Waals surface area contributed by atoms with Crippen LogP contribution in [0.2, 0.25) is 0 Å². The quantitative estimate of drug-likeness (QED) is 0.810. The molecule has 0 saturated carbocycles. The van der Waals surface area contributed by atoms with E-state index in [1.807, 2.05) is 45.0 Å². The number of methoxy groups -OCH3 is 1. The molecule has 1 unspecified atom stereocenters. The number of carbonyl (C=O) groups is 1. The van der Waals surface area contributed by atoms with E-state index in [1.165, 1.54) is 0 Å². The molecule has 0 saturated heterocycles. The zero-order valence-corrected chi connectivity index (χ0v) is 14.2. The van der Waals surface area contributed by atoms with E-state index in [4.69, 9.17) is 9.47 Å². The first-order chi connectivity index (χ1) is 10.3. The fraction of sp³-hybridized carbons (Fsp3) is 0.588. The first-order valence-corrected chi connectivity index (χ1v) is 7.59. The summed E-state index contributed by atoms with van der Waals surface area (Å²) < 4.78 is 10.3. The molecule has 5 heteroatoms. The Morgan fingerprint density at radius 2 is 2.05 bits per heavy atom. The molecule has 0 bridgehead atoms. The number of alkyl carbamates (subject to hydrolysis) is 1. The van der Waals surface area contributed by atoms with Crippen molar-refractivity contribution in [2.75, 3.05) is 25.6 Å². The fourth-order valence-electron chi connectivity index (χ4n) is 1.92. The highest BCUT2D eigenvalue weighted by Crippen LogP contribution is 2.12. The van der Waals surface area contributed by atoms with Crippen molar-refractivity contribution in [3.63, 3.8) is 0 Å². The van der Waals surface area contributed by atoms with E-state index in [1.54, 1.807) is 7.11 Å². The lowest BCUT2D eigenvalue weighted by molar-refractivity contribution is 0.0523. The van der Waals surface area contributed by atoms with E-state index in [0.717, 1.165) is 24.4 Å². The van der Waals surface area contributed by atoms with Crippen molar-refractivity contribution in [1.29, 1.82) is 0 Å². The molecule has 0 aromatic heterocycles. The number of rotatable bonds is 7. The SMILES string of the molecule is COCC(C)CNc1cccc(CNC(=O)OC(C)(C)C)c1. The van der Waals surface area contributed by atoms with E-state index >= 15 is 0 Å². The minimum Gasteiger partial charge on any atom is -0.444 e. The van der Waals surface area contributed by atoms with Crippen molar-refractivity contribution in [3.05, 3.63) is 29.8 Å². The largest absolute Gasteiger partial charge is 0.444 e. The summed E-state index contributed by atoms with van der Waals surface area (Å²) in [4.78, 5) is 11.6. The van der Waals surface area contributed by atoms with Gasteiger partial charge in [-0.1, -0.05) is 19.1 Å². The summed E-state index contributed by atoms with van der Waals surface area (Å²) in [5, 5.41) is 6.13. The molecule has 124 valence electrons. The van der Waals surface area contributed by atoms with Gasteiger partial charge in [-0.3, -0.25) is 0 Å². The zero-order valence-electron chi connectivity index (χ0n) is 14.2. The van der Waals surface area contributed by atoms with Gasteiger partial charge in [-0.05, 0) is 44.4 Å². The topological polar surface area (TPSA) is 59.6 Å². The molecule has 0 fully saturated rings. The number of amides is 1. The Morgan fingerprint density at radius 1 is 1.32 bits per heavy atom. The normalized spacial score (nSPS) is 12.6. The van der Waals surface area contributed by atoms with E-state index < -0.39 is 11.7 Å². The predicted octanol–water partition coefficient (Wildman–Crippen LogP) is 3.41. The van der Waals surface area contributed by atoms with Crippen LogP contribution in [0.15, 0.2) is 24.3 Å². The summed E-state index contributed by atoms with van der Waals surface area (Å²) in [5.74, 6) is 0.438. The molecule has 0 spiro atoms. The van der Waals surface area contributed by atoms with Gasteiger partial charge in [0, 0.05) is 25.9 Å². The van der Waals surface area contributed by atoms with Gasteiger partial charge >= 0.3 is 6.09 Å². The Kier molecular flexibility index (Phi) is 7.18. The van der Waals surface area contributed by atoms with Crippen molar-refractivity contribution >= 4 is 11.8 Å². The van der Waals surface area contributed by atoms with E-state index in [-0.39, 0.29) is 0 Å². The number of carbonyl (C=O) groups excluding carboxylic acids is 1. The average molecular weight is 308 g/mol. The van der Waals surface area contributed by atoms with Gasteiger partial charge in [0.25, 0.3) is 0 Å². The third kappa shape index (κ3) is 7.88. The number of nitrogens with one attached hydrogen (secondary N) is 2. The second-order valence-corrected chi connectivity index (χ2v) is 6.50. The first-order valence-electron chi connectivity index (χ1n) is 7.59. The molecule has 1 aromatic carbocycles. The molecule has 2 N–H and O–H groups in total. The monoisotopic (exact) mass is 308 g/mol. The molecular weight excluding hydrogens is 280 g/mol. The van der Waals surface area contributed by atoms with Gasteiger partial charge in [-0.25, -0.2) is 4.79 Å². The molecule has 0 aliphatic heterocycles. The van der Waals surface area contributed by atoms with Crippen LogP contribution in [0, 0.1) is 5.92 Å². The summed E-state index contributed by atoms with van der Waals surface area (Å²) in [6, 6.07) is 7.98. The summed E-state index contributed by atoms with van der Waals surface area (Å²) in [6.07, 6.45) is -0.403. The molecule has 0 radical (unpaired) electrons. The van der Waals surface area contributed by atoms with E-state index in [0.29, 0.717) is 12.5 Å². The lowest BCUT2D eigenvalue weighted by Gasteiger charge is -2.19. The fourth-order valence-corrected chi connectivity index (χ4v) is 1.92. The molecule has 5 nitrogen and oxygen atoms in total. The van der Waals surface area contributed by atoms with Crippen LogP contribution in [0.4, 0.5) is 10.5 Å². The summed E-state index contributed by atoms with van der Waals surface area (Å²) in [5.41, 5.74) is 1.58. The number of anilines is 1. The van der Waals surface area contributed by atoms with Gasteiger partial charge < -0.3 is 20.1 Å². The molecule has 0 aliphatic rings. The van der Waals surface area contributed by atoms with Gasteiger partial charge in [0.05, 0.1) is 6.61 Å². The predicted molar refractivity (Wildman–Crippen MR) is 89.0 cm³/mol. The summed E-state index contributed by atoms with van der Waals surface area (Å²) in [7, 11) is 1.71. The van der Waals surface area contributed by atoms with Crippen molar-refractivity contribution in [1.82, 2.24) is 5.32 Å². The van der Waals surface area contributed by atoms with Crippen LogP contribution in [-0.4, -0.2) is 32.0 Å². The number of benzene rings is 1. The Bertz CT molecular complexity index is 469. The number of hydrogen-bond acceptors (Lipinski definition) is 4. The Hall–Kier alpha value is -1.75. The Labute approximate surface area is 133 Å². The molecule has 0 heterocycles. The summed E-state index contributed by atoms with van der Waals surface area (Å²) >= 11 is 0. The van der Waals surface area contributed by atoms with Crippen LogP contribution in [0.1, 0.15) is 33.3 Å². The van der Waals surface area contributed by atoms with Crippen LogP contribution in [0.3, 0.4) is 0 Å². The second kappa shape index (κ2) is 8.63. The van der Waals surface area contributed by atoms with E-state index in [2.05, 4.69) is 17.6 Å². The van der Waals surface area contributed by atoms with Gasteiger partial charge in [0.2, 0.25) is 0 Å². The molecule has 22 heavy (non-hydrogen) atoms. The average Bonchev–Trinajstić information content (AvgIpc) is 2.42. The van der Waals surface area contributed by atoms with Crippen molar-refractivity contribution in [2.24, 2.45) is 5.92 Å². The number of ether oxygens (including phenoxy) is 2. The lowest BCUT2D eigenvalue weighted by atomic mass is 10.1. The third-order valence-electron chi connectivity index (χ3n) is 2.87.